The van der Waals surface area contributed by atoms with Gasteiger partial charge in [0.25, 0.3) is 0 Å². The third-order valence-corrected chi connectivity index (χ3v) is 6.13. The average Bonchev–Trinajstić information content (AvgIpc) is 2.88. The van der Waals surface area contributed by atoms with Crippen molar-refractivity contribution < 1.29 is 9.84 Å². The Hall–Kier alpha value is -2.04. The van der Waals surface area contributed by atoms with E-state index in [9.17, 15) is 5.11 Å². The molecule has 4 rings (SSSR count). The third-order valence-electron chi connectivity index (χ3n) is 6.13. The molecule has 4 heteroatoms. The van der Waals surface area contributed by atoms with E-state index in [1.165, 1.54) is 17.7 Å². The molecule has 2 aromatic rings. The summed E-state index contributed by atoms with van der Waals surface area (Å²) in [6, 6.07) is 16.7. The summed E-state index contributed by atoms with van der Waals surface area (Å²) in [7, 11) is 1.74. The van der Waals surface area contributed by atoms with Crippen molar-refractivity contribution in [2.24, 2.45) is 5.92 Å². The van der Waals surface area contributed by atoms with Gasteiger partial charge >= 0.3 is 0 Å². The average molecular weight is 367 g/mol. The highest BCUT2D eigenvalue weighted by Crippen LogP contribution is 2.34. The van der Waals surface area contributed by atoms with E-state index in [0.29, 0.717) is 5.92 Å². The number of aliphatic hydroxyl groups is 1. The molecule has 1 fully saturated rings. The number of benzene rings is 2. The highest BCUT2D eigenvalue weighted by molar-refractivity contribution is 5.58. The van der Waals surface area contributed by atoms with E-state index >= 15 is 0 Å². The van der Waals surface area contributed by atoms with Crippen LogP contribution in [0.25, 0.3) is 0 Å². The standard InChI is InChI=1S/C23H30N2O2/c1-27-22-12-5-4-11-21(22)25-15-13-24(14-16-25)17-19-9-6-8-18-7-2-3-10-20(18)23(19)26/h2-5,7,10-12,19,23,26H,6,8-9,13-17H2,1H3. The van der Waals surface area contributed by atoms with Crippen molar-refractivity contribution in [3.63, 3.8) is 0 Å². The molecule has 0 bridgehead atoms. The van der Waals surface area contributed by atoms with Crippen molar-refractivity contribution in [3.05, 3.63) is 59.7 Å². The van der Waals surface area contributed by atoms with Crippen molar-refractivity contribution in [1.82, 2.24) is 4.90 Å². The van der Waals surface area contributed by atoms with Crippen LogP contribution in [0, 0.1) is 5.92 Å². The minimum absolute atomic E-state index is 0.325. The first-order valence-corrected chi connectivity index (χ1v) is 10.1. The summed E-state index contributed by atoms with van der Waals surface area (Å²) in [6.45, 7) is 5.04. The minimum Gasteiger partial charge on any atom is -0.495 e. The Bertz CT molecular complexity index is 756. The molecular weight excluding hydrogens is 336 g/mol. The van der Waals surface area contributed by atoms with Gasteiger partial charge in [-0.25, -0.2) is 0 Å². The second-order valence-corrected chi connectivity index (χ2v) is 7.76. The largest absolute Gasteiger partial charge is 0.495 e. The molecule has 0 amide bonds. The SMILES string of the molecule is COc1ccccc1N1CCN(CC2CCCc3ccccc3C2O)CC1. The predicted molar refractivity (Wildman–Crippen MR) is 109 cm³/mol. The van der Waals surface area contributed by atoms with E-state index in [-0.39, 0.29) is 6.10 Å². The van der Waals surface area contributed by atoms with Gasteiger partial charge in [0.1, 0.15) is 5.75 Å². The summed E-state index contributed by atoms with van der Waals surface area (Å²) in [5, 5.41) is 11.0. The summed E-state index contributed by atoms with van der Waals surface area (Å²) >= 11 is 0. The summed E-state index contributed by atoms with van der Waals surface area (Å²) in [4.78, 5) is 4.93. The monoisotopic (exact) mass is 366 g/mol. The van der Waals surface area contributed by atoms with E-state index in [0.717, 1.165) is 56.9 Å². The van der Waals surface area contributed by atoms with Crippen molar-refractivity contribution >= 4 is 5.69 Å². The van der Waals surface area contributed by atoms with Gasteiger partial charge in [-0.3, -0.25) is 4.90 Å². The van der Waals surface area contributed by atoms with E-state index in [2.05, 4.69) is 46.2 Å². The molecule has 0 aromatic heterocycles. The molecule has 144 valence electrons. The quantitative estimate of drug-likeness (QED) is 0.840. The van der Waals surface area contributed by atoms with Gasteiger partial charge in [0.2, 0.25) is 0 Å². The number of methoxy groups -OCH3 is 1. The Labute approximate surface area is 162 Å². The van der Waals surface area contributed by atoms with Crippen LogP contribution in [0.15, 0.2) is 48.5 Å². The molecule has 2 aliphatic rings. The third kappa shape index (κ3) is 3.97. The van der Waals surface area contributed by atoms with Crippen LogP contribution in [-0.4, -0.2) is 49.8 Å². The molecule has 1 aliphatic carbocycles. The van der Waals surface area contributed by atoms with E-state index < -0.39 is 0 Å². The zero-order valence-electron chi connectivity index (χ0n) is 16.2. The van der Waals surface area contributed by atoms with Crippen LogP contribution in [0.3, 0.4) is 0 Å². The molecule has 1 aliphatic heterocycles. The molecule has 27 heavy (non-hydrogen) atoms. The van der Waals surface area contributed by atoms with Crippen LogP contribution in [0.5, 0.6) is 5.75 Å². The number of hydrogen-bond donors (Lipinski definition) is 1. The Kier molecular flexibility index (Phi) is 5.65. The topological polar surface area (TPSA) is 35.9 Å². The summed E-state index contributed by atoms with van der Waals surface area (Å²) in [5.74, 6) is 1.27. The number of piperazine rings is 1. The molecule has 2 atom stereocenters. The van der Waals surface area contributed by atoms with Crippen LogP contribution >= 0.6 is 0 Å². The highest BCUT2D eigenvalue weighted by Gasteiger charge is 2.29. The summed E-state index contributed by atoms with van der Waals surface area (Å²) < 4.78 is 5.52. The second kappa shape index (κ2) is 8.32. The fourth-order valence-electron chi connectivity index (χ4n) is 4.60. The first kappa shape index (κ1) is 18.3. The van der Waals surface area contributed by atoms with Crippen molar-refractivity contribution in [1.29, 1.82) is 0 Å². The van der Waals surface area contributed by atoms with Crippen molar-refractivity contribution in [2.75, 3.05) is 44.7 Å². The number of para-hydroxylation sites is 2. The highest BCUT2D eigenvalue weighted by atomic mass is 16.5. The lowest BCUT2D eigenvalue weighted by molar-refractivity contribution is 0.0737. The molecule has 1 saturated heterocycles. The van der Waals surface area contributed by atoms with Crippen LogP contribution in [-0.2, 0) is 6.42 Å². The van der Waals surface area contributed by atoms with E-state index in [1.807, 2.05) is 12.1 Å². The number of anilines is 1. The second-order valence-electron chi connectivity index (χ2n) is 7.76. The maximum Gasteiger partial charge on any atom is 0.142 e. The Morgan fingerprint density at radius 1 is 1.00 bits per heavy atom. The minimum atomic E-state index is -0.337. The number of fused-ring (bicyclic) bond motifs is 1. The van der Waals surface area contributed by atoms with Crippen molar-refractivity contribution in [2.45, 2.75) is 25.4 Å². The van der Waals surface area contributed by atoms with Gasteiger partial charge < -0.3 is 14.7 Å². The molecule has 0 radical (unpaired) electrons. The molecule has 2 aromatic carbocycles. The lowest BCUT2D eigenvalue weighted by Crippen LogP contribution is -2.48. The van der Waals surface area contributed by atoms with E-state index in [4.69, 9.17) is 4.74 Å². The lowest BCUT2D eigenvalue weighted by atomic mass is 9.92. The number of ether oxygens (including phenoxy) is 1. The van der Waals surface area contributed by atoms with Gasteiger partial charge in [-0.2, -0.15) is 0 Å². The Morgan fingerprint density at radius 2 is 1.74 bits per heavy atom. The number of aryl methyl sites for hydroxylation is 1. The smallest absolute Gasteiger partial charge is 0.142 e. The fourth-order valence-corrected chi connectivity index (χ4v) is 4.60. The maximum absolute atomic E-state index is 11.0. The number of nitrogens with zero attached hydrogens (tertiary/aromatic N) is 2. The number of aliphatic hydroxyl groups excluding tert-OH is 1. The van der Waals surface area contributed by atoms with Gasteiger partial charge in [-0.15, -0.1) is 0 Å². The summed E-state index contributed by atoms with van der Waals surface area (Å²) in [5.41, 5.74) is 3.66. The molecule has 2 unspecified atom stereocenters. The molecule has 0 spiro atoms. The molecule has 0 saturated carbocycles. The predicted octanol–water partition coefficient (Wildman–Crippen LogP) is 3.50. The zero-order chi connectivity index (χ0) is 18.6. The zero-order valence-corrected chi connectivity index (χ0v) is 16.2. The van der Waals surface area contributed by atoms with Crippen LogP contribution in [0.2, 0.25) is 0 Å². The van der Waals surface area contributed by atoms with Gasteiger partial charge in [-0.05, 0) is 42.5 Å². The van der Waals surface area contributed by atoms with Crippen LogP contribution in [0.1, 0.15) is 30.1 Å². The van der Waals surface area contributed by atoms with Crippen molar-refractivity contribution in [3.8, 4) is 5.75 Å². The maximum atomic E-state index is 11.0. The van der Waals surface area contributed by atoms with E-state index in [1.54, 1.807) is 7.11 Å². The first-order chi connectivity index (χ1) is 13.3. The van der Waals surface area contributed by atoms with Gasteiger partial charge in [0.05, 0.1) is 18.9 Å². The molecule has 1 N–H and O–H groups in total. The van der Waals surface area contributed by atoms with Gasteiger partial charge in [0, 0.05) is 38.6 Å². The first-order valence-electron chi connectivity index (χ1n) is 10.1. The summed E-state index contributed by atoms with van der Waals surface area (Å²) in [6.07, 6.45) is 3.02. The fraction of sp³-hybridized carbons (Fsp3) is 0.478. The molecule has 4 nitrogen and oxygen atoms in total. The molecular formula is C23H30N2O2. The number of rotatable bonds is 4. The van der Waals surface area contributed by atoms with Crippen LogP contribution in [0.4, 0.5) is 5.69 Å². The number of hydrogen-bond acceptors (Lipinski definition) is 4. The Balaban J connectivity index is 1.38. The Morgan fingerprint density at radius 3 is 2.56 bits per heavy atom. The van der Waals surface area contributed by atoms with Gasteiger partial charge in [-0.1, -0.05) is 36.4 Å². The normalized spacial score (nSPS) is 23.6. The van der Waals surface area contributed by atoms with Crippen LogP contribution < -0.4 is 9.64 Å². The lowest BCUT2D eigenvalue weighted by Gasteiger charge is -2.38. The molecule has 1 heterocycles. The van der Waals surface area contributed by atoms with Gasteiger partial charge in [0.15, 0.2) is 0 Å².